The topological polar surface area (TPSA) is 71.1 Å². The van der Waals surface area contributed by atoms with Crippen molar-refractivity contribution in [3.05, 3.63) is 0 Å². The van der Waals surface area contributed by atoms with E-state index < -0.39 is 24.6 Å². The summed E-state index contributed by atoms with van der Waals surface area (Å²) in [6.45, 7) is 2.31. The second kappa shape index (κ2) is 9.11. The maximum atomic E-state index is 11.2. The van der Waals surface area contributed by atoms with E-state index in [9.17, 15) is 9.59 Å². The van der Waals surface area contributed by atoms with Gasteiger partial charge < -0.3 is 18.9 Å². The van der Waals surface area contributed by atoms with Crippen LogP contribution in [0.3, 0.4) is 0 Å². The Hall–Kier alpha value is -1.14. The van der Waals surface area contributed by atoms with Gasteiger partial charge in [0.1, 0.15) is 6.42 Å². The van der Waals surface area contributed by atoms with Gasteiger partial charge >= 0.3 is 11.9 Å². The van der Waals surface area contributed by atoms with Gasteiger partial charge in [0.05, 0.1) is 13.2 Å². The van der Waals surface area contributed by atoms with Crippen LogP contribution in [0.25, 0.3) is 0 Å². The lowest BCUT2D eigenvalue weighted by atomic mass is 10.4. The van der Waals surface area contributed by atoms with Gasteiger partial charge in [-0.3, -0.25) is 9.59 Å². The van der Waals surface area contributed by atoms with Crippen molar-refractivity contribution in [1.82, 2.24) is 0 Å². The number of hydrogen-bond donors (Lipinski definition) is 0. The summed E-state index contributed by atoms with van der Waals surface area (Å²) >= 11 is 0. The summed E-state index contributed by atoms with van der Waals surface area (Å²) in [4.78, 5) is 22.2. The molecule has 0 heterocycles. The highest BCUT2D eigenvalue weighted by molar-refractivity contribution is 5.91. The molecule has 6 heteroatoms. The number of carbonyl (C=O) groups excluding carboxylic acids is 2. The number of carbonyl (C=O) groups is 2. The molecule has 0 radical (unpaired) electrons. The zero-order valence-electron chi connectivity index (χ0n) is 9.86. The standard InChI is InChI=1S/C10H18O6/c1-4-15-8(11)7-9(12)16-10(14-3)5-6-13-2/h10H,4-7H2,1-3H3. The van der Waals surface area contributed by atoms with Gasteiger partial charge in [0.25, 0.3) is 0 Å². The molecule has 0 aromatic carbocycles. The Morgan fingerprint density at radius 2 is 1.88 bits per heavy atom. The van der Waals surface area contributed by atoms with E-state index in [4.69, 9.17) is 14.2 Å². The van der Waals surface area contributed by atoms with E-state index in [1.807, 2.05) is 0 Å². The van der Waals surface area contributed by atoms with Crippen molar-refractivity contribution in [1.29, 1.82) is 0 Å². The molecule has 0 fully saturated rings. The zero-order chi connectivity index (χ0) is 12.4. The van der Waals surface area contributed by atoms with Crippen LogP contribution in [-0.2, 0) is 28.5 Å². The lowest BCUT2D eigenvalue weighted by molar-refractivity contribution is -0.178. The third-order valence-electron chi connectivity index (χ3n) is 1.68. The molecule has 0 bridgehead atoms. The molecule has 0 rings (SSSR count). The van der Waals surface area contributed by atoms with Crippen LogP contribution in [0.15, 0.2) is 0 Å². The van der Waals surface area contributed by atoms with Gasteiger partial charge in [0, 0.05) is 20.6 Å². The zero-order valence-corrected chi connectivity index (χ0v) is 9.86. The number of hydrogen-bond acceptors (Lipinski definition) is 6. The summed E-state index contributed by atoms with van der Waals surface area (Å²) in [5.74, 6) is -1.27. The van der Waals surface area contributed by atoms with Gasteiger partial charge in [-0.05, 0) is 6.92 Å². The van der Waals surface area contributed by atoms with Gasteiger partial charge in [-0.25, -0.2) is 0 Å². The molecule has 0 aliphatic rings. The molecular weight excluding hydrogens is 216 g/mol. The number of methoxy groups -OCH3 is 2. The Morgan fingerprint density at radius 3 is 2.38 bits per heavy atom. The maximum Gasteiger partial charge on any atom is 0.319 e. The molecule has 1 unspecified atom stereocenters. The predicted molar refractivity (Wildman–Crippen MR) is 54.6 cm³/mol. The number of ether oxygens (including phenoxy) is 4. The quantitative estimate of drug-likeness (QED) is 0.346. The Kier molecular flexibility index (Phi) is 8.46. The third-order valence-corrected chi connectivity index (χ3v) is 1.68. The molecule has 0 spiro atoms. The maximum absolute atomic E-state index is 11.2. The first-order valence-corrected chi connectivity index (χ1v) is 5.00. The average Bonchev–Trinajstić information content (AvgIpc) is 2.24. The summed E-state index contributed by atoms with van der Waals surface area (Å²) in [5, 5.41) is 0. The Bertz CT molecular complexity index is 215. The number of rotatable bonds is 8. The average molecular weight is 234 g/mol. The first kappa shape index (κ1) is 14.9. The fourth-order valence-electron chi connectivity index (χ4n) is 0.957. The van der Waals surface area contributed by atoms with Gasteiger partial charge in [-0.15, -0.1) is 0 Å². The van der Waals surface area contributed by atoms with E-state index in [1.165, 1.54) is 14.2 Å². The van der Waals surface area contributed by atoms with Crippen LogP contribution in [0.4, 0.5) is 0 Å². The molecule has 0 aliphatic carbocycles. The Balaban J connectivity index is 3.86. The first-order valence-electron chi connectivity index (χ1n) is 5.00. The minimum Gasteiger partial charge on any atom is -0.466 e. The van der Waals surface area contributed by atoms with Crippen molar-refractivity contribution in [3.8, 4) is 0 Å². The largest absolute Gasteiger partial charge is 0.466 e. The van der Waals surface area contributed by atoms with Crippen molar-refractivity contribution in [2.75, 3.05) is 27.4 Å². The molecule has 0 saturated heterocycles. The SMILES string of the molecule is CCOC(=O)CC(=O)OC(CCOC)OC. The number of esters is 2. The first-order chi connectivity index (χ1) is 7.63. The van der Waals surface area contributed by atoms with E-state index in [0.717, 1.165) is 0 Å². The van der Waals surface area contributed by atoms with Crippen molar-refractivity contribution in [2.45, 2.75) is 26.1 Å². The van der Waals surface area contributed by atoms with E-state index >= 15 is 0 Å². The van der Waals surface area contributed by atoms with Crippen LogP contribution in [0.2, 0.25) is 0 Å². The monoisotopic (exact) mass is 234 g/mol. The molecule has 0 aliphatic heterocycles. The molecule has 0 saturated carbocycles. The van der Waals surface area contributed by atoms with Crippen LogP contribution in [0.5, 0.6) is 0 Å². The smallest absolute Gasteiger partial charge is 0.319 e. The highest BCUT2D eigenvalue weighted by Gasteiger charge is 2.17. The van der Waals surface area contributed by atoms with Crippen molar-refractivity contribution in [3.63, 3.8) is 0 Å². The van der Waals surface area contributed by atoms with Gasteiger partial charge in [-0.1, -0.05) is 0 Å². The molecule has 94 valence electrons. The van der Waals surface area contributed by atoms with Crippen LogP contribution in [0, 0.1) is 0 Å². The highest BCUT2D eigenvalue weighted by Crippen LogP contribution is 2.02. The summed E-state index contributed by atoms with van der Waals surface area (Å²) < 4.78 is 19.2. The molecule has 0 amide bonds. The fraction of sp³-hybridized carbons (Fsp3) is 0.800. The van der Waals surface area contributed by atoms with Gasteiger partial charge in [0.15, 0.2) is 0 Å². The molecule has 16 heavy (non-hydrogen) atoms. The van der Waals surface area contributed by atoms with E-state index in [2.05, 4.69) is 4.74 Å². The second-order valence-corrected chi connectivity index (χ2v) is 2.92. The lowest BCUT2D eigenvalue weighted by Crippen LogP contribution is -2.23. The molecule has 0 aromatic rings. The summed E-state index contributed by atoms with van der Waals surface area (Å²) in [5.41, 5.74) is 0. The van der Waals surface area contributed by atoms with Gasteiger partial charge in [-0.2, -0.15) is 0 Å². The summed E-state index contributed by atoms with van der Waals surface area (Å²) in [7, 11) is 2.95. The van der Waals surface area contributed by atoms with E-state index in [0.29, 0.717) is 13.0 Å². The van der Waals surface area contributed by atoms with Crippen molar-refractivity contribution >= 4 is 11.9 Å². The van der Waals surface area contributed by atoms with Gasteiger partial charge in [0.2, 0.25) is 6.29 Å². The normalized spacial score (nSPS) is 11.9. The highest BCUT2D eigenvalue weighted by atomic mass is 16.7. The van der Waals surface area contributed by atoms with Crippen LogP contribution in [-0.4, -0.2) is 45.7 Å². The summed E-state index contributed by atoms with van der Waals surface area (Å²) in [6, 6.07) is 0. The van der Waals surface area contributed by atoms with Crippen LogP contribution >= 0.6 is 0 Å². The van der Waals surface area contributed by atoms with E-state index in [-0.39, 0.29) is 6.61 Å². The van der Waals surface area contributed by atoms with Crippen LogP contribution < -0.4 is 0 Å². The Morgan fingerprint density at radius 1 is 1.19 bits per heavy atom. The molecule has 0 aromatic heterocycles. The molecule has 0 N–H and O–H groups in total. The van der Waals surface area contributed by atoms with Crippen molar-refractivity contribution < 1.29 is 28.5 Å². The minimum atomic E-state index is -0.693. The minimum absolute atomic E-state index is 0.240. The van der Waals surface area contributed by atoms with Crippen LogP contribution in [0.1, 0.15) is 19.8 Å². The predicted octanol–water partition coefficient (Wildman–Crippen LogP) is 0.492. The second-order valence-electron chi connectivity index (χ2n) is 2.92. The summed E-state index contributed by atoms with van der Waals surface area (Å²) in [6.07, 6.45) is -0.677. The third kappa shape index (κ3) is 7.19. The Labute approximate surface area is 94.8 Å². The lowest BCUT2D eigenvalue weighted by Gasteiger charge is -2.15. The molecular formula is C10H18O6. The molecule has 1 atom stereocenters. The van der Waals surface area contributed by atoms with Crippen molar-refractivity contribution in [2.24, 2.45) is 0 Å². The van der Waals surface area contributed by atoms with E-state index in [1.54, 1.807) is 6.92 Å². The molecule has 6 nitrogen and oxygen atoms in total. The fourth-order valence-corrected chi connectivity index (χ4v) is 0.957.